The Balaban J connectivity index is 1.63. The number of Topliss-reactive ketones (excluding diaryl/α,β-unsaturated/α-hetero) is 1. The van der Waals surface area contributed by atoms with Crippen LogP contribution >= 0.6 is 11.6 Å². The number of esters is 1. The second kappa shape index (κ2) is 8.14. The van der Waals surface area contributed by atoms with Crippen LogP contribution in [0.3, 0.4) is 0 Å². The van der Waals surface area contributed by atoms with Crippen LogP contribution < -0.4 is 5.43 Å². The normalized spacial score (nSPS) is 11.9. The van der Waals surface area contributed by atoms with Gasteiger partial charge in [0.15, 0.2) is 6.10 Å². The van der Waals surface area contributed by atoms with Crippen molar-refractivity contribution in [2.45, 2.75) is 26.0 Å². The summed E-state index contributed by atoms with van der Waals surface area (Å²) in [6.45, 7) is 1.77. The summed E-state index contributed by atoms with van der Waals surface area (Å²) in [5.74, 6) is -0.818. The summed E-state index contributed by atoms with van der Waals surface area (Å²) in [7, 11) is 0. The van der Waals surface area contributed by atoms with E-state index in [1.165, 1.54) is 13.1 Å². The van der Waals surface area contributed by atoms with Crippen LogP contribution in [0.15, 0.2) is 59.5 Å². The number of ether oxygens (including phenoxy) is 1. The van der Waals surface area contributed by atoms with Crippen LogP contribution in [-0.4, -0.2) is 27.6 Å². The van der Waals surface area contributed by atoms with Crippen molar-refractivity contribution in [3.8, 4) is 0 Å². The Hall–Kier alpha value is -2.99. The van der Waals surface area contributed by atoms with Crippen molar-refractivity contribution in [3.63, 3.8) is 0 Å². The highest BCUT2D eigenvalue weighted by Crippen LogP contribution is 2.13. The summed E-state index contributed by atoms with van der Waals surface area (Å²) in [6, 6.07) is 13.4. The number of aromatic nitrogens is 2. The Morgan fingerprint density at radius 2 is 1.85 bits per heavy atom. The summed E-state index contributed by atoms with van der Waals surface area (Å²) in [6.07, 6.45) is 0.343. The number of carbonyl (C=O) groups excluding carboxylic acids is 2. The quantitative estimate of drug-likeness (QED) is 0.481. The Labute approximate surface area is 160 Å². The molecule has 2 aromatic carbocycles. The van der Waals surface area contributed by atoms with Gasteiger partial charge in [-0.15, -0.1) is 0 Å². The molecule has 0 fully saturated rings. The van der Waals surface area contributed by atoms with E-state index < -0.39 is 12.1 Å². The van der Waals surface area contributed by atoms with E-state index in [4.69, 9.17) is 16.3 Å². The monoisotopic (exact) mass is 384 g/mol. The molecule has 1 aromatic heterocycles. The van der Waals surface area contributed by atoms with Crippen LogP contribution in [0.25, 0.3) is 10.9 Å². The lowest BCUT2D eigenvalue weighted by atomic mass is 10.1. The molecule has 0 spiro atoms. The number of para-hydroxylation sites is 1. The number of fused-ring (bicyclic) bond motifs is 1. The first-order valence-electron chi connectivity index (χ1n) is 8.40. The molecule has 27 heavy (non-hydrogen) atoms. The van der Waals surface area contributed by atoms with E-state index in [-0.39, 0.29) is 24.2 Å². The summed E-state index contributed by atoms with van der Waals surface area (Å²) in [4.78, 5) is 36.3. The topological polar surface area (TPSA) is 78.3 Å². The summed E-state index contributed by atoms with van der Waals surface area (Å²) < 4.78 is 6.80. The molecule has 3 rings (SSSR count). The Morgan fingerprint density at radius 1 is 1.15 bits per heavy atom. The molecule has 3 aromatic rings. The molecular weight excluding hydrogens is 368 g/mol. The van der Waals surface area contributed by atoms with E-state index >= 15 is 0 Å². The zero-order chi connectivity index (χ0) is 19.4. The molecule has 1 atom stereocenters. The highest BCUT2D eigenvalue weighted by Gasteiger charge is 2.19. The molecule has 7 heteroatoms. The maximum atomic E-state index is 12.3. The number of hydrogen-bond donors (Lipinski definition) is 0. The largest absolute Gasteiger partial charge is 0.454 e. The van der Waals surface area contributed by atoms with Crippen molar-refractivity contribution in [1.29, 1.82) is 0 Å². The molecule has 0 amide bonds. The minimum absolute atomic E-state index is 0.0259. The lowest BCUT2D eigenvalue weighted by molar-refractivity contribution is -0.146. The van der Waals surface area contributed by atoms with E-state index in [0.29, 0.717) is 21.5 Å². The Morgan fingerprint density at radius 3 is 2.59 bits per heavy atom. The highest BCUT2D eigenvalue weighted by molar-refractivity contribution is 6.30. The Kier molecular flexibility index (Phi) is 5.66. The first-order valence-corrected chi connectivity index (χ1v) is 8.77. The SMILES string of the molecule is C[C@@H](OC(=O)CCn1ncc(=O)c2ccccc21)C(=O)c1ccc(Cl)cc1. The molecule has 0 unspecified atom stereocenters. The first kappa shape index (κ1) is 18.8. The van der Waals surface area contributed by atoms with Gasteiger partial charge in [-0.2, -0.15) is 5.10 Å². The minimum Gasteiger partial charge on any atom is -0.454 e. The van der Waals surface area contributed by atoms with Gasteiger partial charge < -0.3 is 4.74 Å². The van der Waals surface area contributed by atoms with Crippen LogP contribution in [0.1, 0.15) is 23.7 Å². The fourth-order valence-electron chi connectivity index (χ4n) is 2.69. The van der Waals surface area contributed by atoms with Gasteiger partial charge >= 0.3 is 5.97 Å². The van der Waals surface area contributed by atoms with E-state index in [9.17, 15) is 14.4 Å². The smallest absolute Gasteiger partial charge is 0.308 e. The van der Waals surface area contributed by atoms with Crippen molar-refractivity contribution in [2.75, 3.05) is 0 Å². The minimum atomic E-state index is -0.905. The molecule has 0 saturated carbocycles. The zero-order valence-electron chi connectivity index (χ0n) is 14.6. The maximum Gasteiger partial charge on any atom is 0.308 e. The van der Waals surface area contributed by atoms with Gasteiger partial charge in [0.25, 0.3) is 0 Å². The van der Waals surface area contributed by atoms with Gasteiger partial charge in [0, 0.05) is 16.0 Å². The fourth-order valence-corrected chi connectivity index (χ4v) is 2.82. The average molecular weight is 385 g/mol. The zero-order valence-corrected chi connectivity index (χ0v) is 15.3. The first-order chi connectivity index (χ1) is 13.0. The number of carbonyl (C=O) groups is 2. The van der Waals surface area contributed by atoms with Gasteiger partial charge in [-0.3, -0.25) is 19.1 Å². The van der Waals surface area contributed by atoms with Crippen LogP contribution in [0.2, 0.25) is 5.02 Å². The molecule has 0 aliphatic rings. The second-order valence-electron chi connectivity index (χ2n) is 6.00. The van der Waals surface area contributed by atoms with Gasteiger partial charge in [-0.1, -0.05) is 23.7 Å². The fraction of sp³-hybridized carbons (Fsp3) is 0.200. The average Bonchev–Trinajstić information content (AvgIpc) is 2.67. The predicted molar refractivity (Wildman–Crippen MR) is 102 cm³/mol. The number of halogens is 1. The second-order valence-corrected chi connectivity index (χ2v) is 6.44. The third-order valence-electron chi connectivity index (χ3n) is 4.10. The molecule has 0 aliphatic heterocycles. The van der Waals surface area contributed by atoms with Crippen molar-refractivity contribution in [2.24, 2.45) is 0 Å². The molecule has 138 valence electrons. The third kappa shape index (κ3) is 4.41. The van der Waals surface area contributed by atoms with Crippen molar-refractivity contribution >= 4 is 34.3 Å². The summed E-state index contributed by atoms with van der Waals surface area (Å²) in [5, 5.41) is 5.12. The third-order valence-corrected chi connectivity index (χ3v) is 4.35. The van der Waals surface area contributed by atoms with Crippen molar-refractivity contribution < 1.29 is 14.3 Å². The van der Waals surface area contributed by atoms with Gasteiger partial charge in [0.2, 0.25) is 11.2 Å². The van der Waals surface area contributed by atoms with Gasteiger partial charge in [-0.05, 0) is 43.3 Å². The molecule has 6 nitrogen and oxygen atoms in total. The Bertz CT molecular complexity index is 1040. The number of ketones is 1. The van der Waals surface area contributed by atoms with Gasteiger partial charge in [0.1, 0.15) is 0 Å². The van der Waals surface area contributed by atoms with Gasteiger partial charge in [-0.25, -0.2) is 0 Å². The molecule has 0 N–H and O–H groups in total. The maximum absolute atomic E-state index is 12.3. The summed E-state index contributed by atoms with van der Waals surface area (Å²) >= 11 is 5.81. The number of rotatable bonds is 6. The van der Waals surface area contributed by atoms with Crippen LogP contribution in [-0.2, 0) is 16.1 Å². The molecule has 0 saturated heterocycles. The molecular formula is C20H17ClN2O4. The summed E-state index contributed by atoms with van der Waals surface area (Å²) in [5.41, 5.74) is 0.891. The number of nitrogens with zero attached hydrogens (tertiary/aromatic N) is 2. The molecule has 0 radical (unpaired) electrons. The van der Waals surface area contributed by atoms with E-state index in [1.54, 1.807) is 53.2 Å². The van der Waals surface area contributed by atoms with Gasteiger partial charge in [0.05, 0.1) is 24.7 Å². The standard InChI is InChI=1S/C20H17ClN2O4/c1-13(20(26)14-6-8-15(21)9-7-14)27-19(25)10-11-23-17-5-3-2-4-16(17)18(24)12-22-23/h2-9,12-13H,10-11H2,1H3/t13-/m1/s1. The molecule has 0 bridgehead atoms. The highest BCUT2D eigenvalue weighted by atomic mass is 35.5. The molecule has 1 heterocycles. The number of aryl methyl sites for hydroxylation is 1. The molecule has 0 aliphatic carbocycles. The number of hydrogen-bond acceptors (Lipinski definition) is 5. The lowest BCUT2D eigenvalue weighted by Gasteiger charge is -2.13. The predicted octanol–water partition coefficient (Wildman–Crippen LogP) is 3.25. The van der Waals surface area contributed by atoms with E-state index in [1.807, 2.05) is 0 Å². The van der Waals surface area contributed by atoms with E-state index in [2.05, 4.69) is 5.10 Å². The number of benzene rings is 2. The lowest BCUT2D eigenvalue weighted by Crippen LogP contribution is -2.25. The van der Waals surface area contributed by atoms with Crippen molar-refractivity contribution in [3.05, 3.63) is 75.5 Å². The van der Waals surface area contributed by atoms with Crippen molar-refractivity contribution in [1.82, 2.24) is 9.78 Å². The van der Waals surface area contributed by atoms with Crippen LogP contribution in [0.4, 0.5) is 0 Å². The van der Waals surface area contributed by atoms with Crippen LogP contribution in [0, 0.1) is 0 Å². The van der Waals surface area contributed by atoms with Crippen LogP contribution in [0.5, 0.6) is 0 Å². The van der Waals surface area contributed by atoms with E-state index in [0.717, 1.165) is 0 Å².